The fraction of sp³-hybridized carbons (Fsp3) is 0.0909. The third-order valence-corrected chi connectivity index (χ3v) is 2.41. The fourth-order valence-corrected chi connectivity index (χ4v) is 1.35. The average molecular weight is 252 g/mol. The van der Waals surface area contributed by atoms with Gasteiger partial charge >= 0.3 is 0 Å². The molecule has 0 fully saturated rings. The van der Waals surface area contributed by atoms with Crippen LogP contribution in [-0.2, 0) is 0 Å². The predicted molar refractivity (Wildman–Crippen MR) is 62.0 cm³/mol. The van der Waals surface area contributed by atoms with Crippen LogP contribution in [0.15, 0.2) is 18.2 Å². The zero-order valence-electron chi connectivity index (χ0n) is 9.42. The highest BCUT2D eigenvalue weighted by Crippen LogP contribution is 2.19. The quantitative estimate of drug-likeness (QED) is 0.762. The summed E-state index contributed by atoms with van der Waals surface area (Å²) in [4.78, 5) is 11.7. The highest BCUT2D eigenvalue weighted by Gasteiger charge is 2.13. The number of nitrogen functional groups attached to an aromatic ring is 1. The molecule has 0 saturated carbocycles. The van der Waals surface area contributed by atoms with Crippen molar-refractivity contribution in [3.8, 4) is 0 Å². The summed E-state index contributed by atoms with van der Waals surface area (Å²) in [7, 11) is 0. The first kappa shape index (κ1) is 12.0. The third kappa shape index (κ3) is 2.15. The van der Waals surface area contributed by atoms with Crippen molar-refractivity contribution in [3.05, 3.63) is 41.1 Å². The Morgan fingerprint density at radius 3 is 2.67 bits per heavy atom. The number of aryl methyl sites for hydroxylation is 1. The Labute approximate surface area is 101 Å². The Morgan fingerprint density at radius 2 is 2.11 bits per heavy atom. The minimum absolute atomic E-state index is 0.0195. The van der Waals surface area contributed by atoms with E-state index >= 15 is 0 Å². The topological polar surface area (TPSA) is 83.8 Å². The molecular weight excluding hydrogens is 242 g/mol. The number of halogens is 2. The Morgan fingerprint density at radius 1 is 1.39 bits per heavy atom. The molecule has 18 heavy (non-hydrogen) atoms. The molecule has 0 bridgehead atoms. The van der Waals surface area contributed by atoms with Gasteiger partial charge in [0.05, 0.1) is 11.4 Å². The van der Waals surface area contributed by atoms with Crippen molar-refractivity contribution in [2.75, 3.05) is 11.1 Å². The first-order chi connectivity index (χ1) is 8.49. The van der Waals surface area contributed by atoms with Gasteiger partial charge < -0.3 is 11.1 Å². The Bertz CT molecular complexity index is 609. The summed E-state index contributed by atoms with van der Waals surface area (Å²) in [6, 6.07) is 2.85. The lowest BCUT2D eigenvalue weighted by Crippen LogP contribution is -2.13. The van der Waals surface area contributed by atoms with E-state index < -0.39 is 17.5 Å². The highest BCUT2D eigenvalue weighted by atomic mass is 19.2. The van der Waals surface area contributed by atoms with Crippen LogP contribution in [0.5, 0.6) is 0 Å². The summed E-state index contributed by atoms with van der Waals surface area (Å²) < 4.78 is 25.7. The molecule has 1 aromatic heterocycles. The Hall–Kier alpha value is -2.44. The number of amides is 1. The van der Waals surface area contributed by atoms with E-state index in [9.17, 15) is 13.6 Å². The van der Waals surface area contributed by atoms with Gasteiger partial charge in [-0.1, -0.05) is 0 Å². The van der Waals surface area contributed by atoms with E-state index in [1.165, 1.54) is 6.07 Å². The third-order valence-electron chi connectivity index (χ3n) is 2.41. The molecule has 1 heterocycles. The van der Waals surface area contributed by atoms with Gasteiger partial charge in [0.15, 0.2) is 17.5 Å². The lowest BCUT2D eigenvalue weighted by atomic mass is 10.2. The second kappa shape index (κ2) is 4.44. The zero-order chi connectivity index (χ0) is 13.3. The number of carbonyl (C=O) groups is 1. The van der Waals surface area contributed by atoms with E-state index in [2.05, 4.69) is 15.5 Å². The average Bonchev–Trinajstić information content (AvgIpc) is 2.64. The summed E-state index contributed by atoms with van der Waals surface area (Å²) >= 11 is 0. The number of benzene rings is 1. The molecule has 0 saturated heterocycles. The van der Waals surface area contributed by atoms with Crippen LogP contribution in [0.3, 0.4) is 0 Å². The molecule has 0 spiro atoms. The van der Waals surface area contributed by atoms with Crippen molar-refractivity contribution in [2.24, 2.45) is 0 Å². The molecular formula is C11H10F2N4O. The summed E-state index contributed by atoms with van der Waals surface area (Å²) in [6.45, 7) is 1.69. The highest BCUT2D eigenvalue weighted by molar-refractivity contribution is 6.05. The second-order valence-electron chi connectivity index (χ2n) is 3.69. The molecule has 0 atom stereocenters. The number of nitrogens with zero attached hydrogens (tertiary/aromatic N) is 1. The molecule has 94 valence electrons. The fourth-order valence-electron chi connectivity index (χ4n) is 1.35. The number of aromatic amines is 1. The maximum absolute atomic E-state index is 13.0. The van der Waals surface area contributed by atoms with E-state index in [-0.39, 0.29) is 11.4 Å². The monoisotopic (exact) mass is 252 g/mol. The molecule has 5 nitrogen and oxygen atoms in total. The molecule has 0 aliphatic heterocycles. The van der Waals surface area contributed by atoms with Gasteiger partial charge in [-0.2, -0.15) is 5.10 Å². The molecule has 1 amide bonds. The van der Waals surface area contributed by atoms with Gasteiger partial charge in [-0.25, -0.2) is 8.78 Å². The maximum atomic E-state index is 13.0. The van der Waals surface area contributed by atoms with Gasteiger partial charge in [0.25, 0.3) is 5.91 Å². The minimum atomic E-state index is -1.09. The lowest BCUT2D eigenvalue weighted by Gasteiger charge is -2.03. The Kier molecular flexibility index (Phi) is 2.97. The largest absolute Gasteiger partial charge is 0.394 e. The van der Waals surface area contributed by atoms with Crippen LogP contribution in [0.4, 0.5) is 20.3 Å². The molecule has 0 aliphatic carbocycles. The first-order valence-corrected chi connectivity index (χ1v) is 5.06. The number of carbonyl (C=O) groups excluding carboxylic acids is 1. The normalized spacial score (nSPS) is 10.4. The van der Waals surface area contributed by atoms with Crippen molar-refractivity contribution in [3.63, 3.8) is 0 Å². The molecule has 2 aromatic rings. The van der Waals surface area contributed by atoms with E-state index in [0.717, 1.165) is 12.1 Å². The number of anilines is 2. The van der Waals surface area contributed by atoms with E-state index in [1.54, 1.807) is 6.92 Å². The smallest absolute Gasteiger partial charge is 0.257 e. The summed E-state index contributed by atoms with van der Waals surface area (Å²) in [6.07, 6.45) is 0. The van der Waals surface area contributed by atoms with Gasteiger partial charge in [-0.15, -0.1) is 0 Å². The number of hydrogen-bond acceptors (Lipinski definition) is 3. The van der Waals surface area contributed by atoms with Crippen LogP contribution in [-0.4, -0.2) is 16.1 Å². The standard InChI is InChI=1S/C11H10F2N4O/c1-5-9(14)10(17-16-5)15-11(18)6-2-3-7(12)8(13)4-6/h2-4H,14H2,1H3,(H2,15,16,17,18). The molecule has 1 aromatic carbocycles. The Balaban J connectivity index is 2.22. The van der Waals surface area contributed by atoms with Crippen molar-refractivity contribution in [1.29, 1.82) is 0 Å². The van der Waals surface area contributed by atoms with E-state index in [4.69, 9.17) is 5.73 Å². The van der Waals surface area contributed by atoms with Gasteiger partial charge in [-0.3, -0.25) is 9.89 Å². The van der Waals surface area contributed by atoms with Crippen LogP contribution in [0.2, 0.25) is 0 Å². The van der Waals surface area contributed by atoms with E-state index in [0.29, 0.717) is 11.4 Å². The predicted octanol–water partition coefficient (Wildman–Crippen LogP) is 1.83. The number of nitrogens with one attached hydrogen (secondary N) is 2. The number of hydrogen-bond donors (Lipinski definition) is 3. The van der Waals surface area contributed by atoms with Gasteiger partial charge in [0.1, 0.15) is 0 Å². The molecule has 0 aliphatic rings. The SMILES string of the molecule is Cc1[nH]nc(NC(=O)c2ccc(F)c(F)c2)c1N. The summed E-state index contributed by atoms with van der Waals surface area (Å²) in [5, 5.41) is 8.76. The van der Waals surface area contributed by atoms with Gasteiger partial charge in [0, 0.05) is 5.56 Å². The first-order valence-electron chi connectivity index (χ1n) is 5.06. The second-order valence-corrected chi connectivity index (χ2v) is 3.69. The number of H-pyrrole nitrogens is 1. The van der Waals surface area contributed by atoms with E-state index in [1.807, 2.05) is 0 Å². The molecule has 7 heteroatoms. The number of rotatable bonds is 2. The van der Waals surface area contributed by atoms with Crippen molar-refractivity contribution in [2.45, 2.75) is 6.92 Å². The lowest BCUT2D eigenvalue weighted by molar-refractivity contribution is 0.102. The van der Waals surface area contributed by atoms with Crippen molar-refractivity contribution < 1.29 is 13.6 Å². The molecule has 0 unspecified atom stereocenters. The summed E-state index contributed by atoms with van der Waals surface area (Å²) in [5.41, 5.74) is 6.53. The zero-order valence-corrected chi connectivity index (χ0v) is 9.42. The molecule has 4 N–H and O–H groups in total. The maximum Gasteiger partial charge on any atom is 0.257 e. The number of nitrogens with two attached hydrogens (primary N) is 1. The molecule has 2 rings (SSSR count). The number of aromatic nitrogens is 2. The van der Waals surface area contributed by atoms with Gasteiger partial charge in [-0.05, 0) is 25.1 Å². The van der Waals surface area contributed by atoms with Crippen LogP contribution in [0, 0.1) is 18.6 Å². The van der Waals surface area contributed by atoms with Crippen LogP contribution < -0.4 is 11.1 Å². The minimum Gasteiger partial charge on any atom is -0.394 e. The van der Waals surface area contributed by atoms with Crippen LogP contribution >= 0.6 is 0 Å². The van der Waals surface area contributed by atoms with Crippen molar-refractivity contribution >= 4 is 17.4 Å². The van der Waals surface area contributed by atoms with Crippen LogP contribution in [0.1, 0.15) is 16.1 Å². The van der Waals surface area contributed by atoms with Crippen molar-refractivity contribution in [1.82, 2.24) is 10.2 Å². The van der Waals surface area contributed by atoms with Crippen LogP contribution in [0.25, 0.3) is 0 Å². The summed E-state index contributed by atoms with van der Waals surface area (Å²) in [5.74, 6) is -2.56. The molecule has 0 radical (unpaired) electrons. The van der Waals surface area contributed by atoms with Gasteiger partial charge in [0.2, 0.25) is 0 Å².